The molecule has 3 N–H and O–H groups in total. The fourth-order valence-electron chi connectivity index (χ4n) is 1.36. The Hall–Kier alpha value is -1.75. The lowest BCUT2D eigenvalue weighted by atomic mass is 10.2. The van der Waals surface area contributed by atoms with Crippen molar-refractivity contribution >= 4 is 29.5 Å². The zero-order chi connectivity index (χ0) is 15.2. The minimum Gasteiger partial charge on any atom is -0.444 e. The number of aromatic nitrogens is 1. The van der Waals surface area contributed by atoms with Crippen LogP contribution in [0.15, 0.2) is 18.2 Å². The van der Waals surface area contributed by atoms with Crippen LogP contribution in [0.25, 0.3) is 6.08 Å². The molecule has 0 aliphatic carbocycles. The first-order chi connectivity index (χ1) is 9.28. The fourth-order valence-corrected chi connectivity index (χ4v) is 1.52. The number of ether oxygens (including phenoxy) is 1. The molecule has 5 nitrogen and oxygen atoms in total. The van der Waals surface area contributed by atoms with E-state index in [1.807, 2.05) is 26.8 Å². The van der Waals surface area contributed by atoms with E-state index in [0.29, 0.717) is 29.5 Å². The molecule has 0 aromatic carbocycles. The van der Waals surface area contributed by atoms with Gasteiger partial charge in [-0.05, 0) is 45.4 Å². The molecule has 0 saturated heterocycles. The Morgan fingerprint density at radius 2 is 2.20 bits per heavy atom. The molecule has 6 heteroatoms. The van der Waals surface area contributed by atoms with Crippen molar-refractivity contribution in [3.05, 3.63) is 29.1 Å². The molecule has 0 fully saturated rings. The zero-order valence-electron chi connectivity index (χ0n) is 11.9. The third kappa shape index (κ3) is 6.43. The highest BCUT2D eigenvalue weighted by Crippen LogP contribution is 2.14. The molecule has 0 aliphatic heterocycles. The second-order valence-electron chi connectivity index (χ2n) is 5.23. The van der Waals surface area contributed by atoms with Gasteiger partial charge in [-0.2, -0.15) is 0 Å². The Morgan fingerprint density at radius 1 is 1.50 bits per heavy atom. The van der Waals surface area contributed by atoms with Crippen LogP contribution in [-0.4, -0.2) is 23.2 Å². The number of carbonyl (C=O) groups is 1. The number of rotatable bonds is 4. The van der Waals surface area contributed by atoms with E-state index in [-0.39, 0.29) is 0 Å². The van der Waals surface area contributed by atoms with Crippen molar-refractivity contribution in [1.82, 2.24) is 10.3 Å². The normalized spacial score (nSPS) is 11.6. The largest absolute Gasteiger partial charge is 0.444 e. The number of halogens is 1. The Labute approximate surface area is 124 Å². The van der Waals surface area contributed by atoms with E-state index in [1.54, 1.807) is 18.2 Å². The number of alkyl carbamates (subject to hydrolysis) is 1. The van der Waals surface area contributed by atoms with Crippen LogP contribution in [0.2, 0.25) is 5.15 Å². The minimum absolute atomic E-state index is 0.394. The molecule has 1 heterocycles. The highest BCUT2D eigenvalue weighted by molar-refractivity contribution is 6.29. The summed E-state index contributed by atoms with van der Waals surface area (Å²) < 4.78 is 5.11. The number of nitrogens with two attached hydrogens (primary N) is 1. The maximum atomic E-state index is 11.4. The van der Waals surface area contributed by atoms with E-state index >= 15 is 0 Å². The molecule has 0 bridgehead atoms. The van der Waals surface area contributed by atoms with Crippen LogP contribution in [0, 0.1) is 0 Å². The van der Waals surface area contributed by atoms with Gasteiger partial charge < -0.3 is 15.8 Å². The summed E-state index contributed by atoms with van der Waals surface area (Å²) in [6, 6.07) is 3.34. The molecule has 1 rings (SSSR count). The van der Waals surface area contributed by atoms with E-state index in [0.717, 1.165) is 0 Å². The molecule has 0 spiro atoms. The summed E-state index contributed by atoms with van der Waals surface area (Å²) in [7, 11) is 0. The molecule has 1 aromatic rings. The second kappa shape index (κ2) is 7.14. The quantitative estimate of drug-likeness (QED) is 0.660. The van der Waals surface area contributed by atoms with E-state index in [1.165, 1.54) is 0 Å². The third-order valence-corrected chi connectivity index (χ3v) is 2.39. The molecule has 110 valence electrons. The van der Waals surface area contributed by atoms with Crippen molar-refractivity contribution in [1.29, 1.82) is 0 Å². The van der Waals surface area contributed by atoms with Crippen LogP contribution in [0.4, 0.5) is 10.5 Å². The predicted octanol–water partition coefficient (Wildman–Crippen LogP) is 3.25. The van der Waals surface area contributed by atoms with Crippen molar-refractivity contribution < 1.29 is 9.53 Å². The predicted molar refractivity (Wildman–Crippen MR) is 81.5 cm³/mol. The lowest BCUT2D eigenvalue weighted by Crippen LogP contribution is -2.32. The first kappa shape index (κ1) is 16.3. The smallest absolute Gasteiger partial charge is 0.407 e. The van der Waals surface area contributed by atoms with E-state index in [9.17, 15) is 4.79 Å². The summed E-state index contributed by atoms with van der Waals surface area (Å²) in [6.45, 7) is 5.94. The summed E-state index contributed by atoms with van der Waals surface area (Å²) in [6.07, 6.45) is 3.86. The van der Waals surface area contributed by atoms with Crippen LogP contribution < -0.4 is 11.1 Å². The molecule has 0 atom stereocenters. The Kier molecular flexibility index (Phi) is 5.82. The van der Waals surface area contributed by atoms with E-state index < -0.39 is 11.7 Å². The Balaban J connectivity index is 2.36. The average Bonchev–Trinajstić information content (AvgIpc) is 2.30. The van der Waals surface area contributed by atoms with Crippen molar-refractivity contribution in [3.8, 4) is 0 Å². The Bertz CT molecular complexity index is 496. The maximum absolute atomic E-state index is 11.4. The summed E-state index contributed by atoms with van der Waals surface area (Å²) in [5.41, 5.74) is 6.45. The average molecular weight is 298 g/mol. The number of nitrogens with zero attached hydrogens (tertiary/aromatic N) is 1. The molecule has 0 aliphatic rings. The van der Waals surface area contributed by atoms with Gasteiger partial charge in [0.25, 0.3) is 0 Å². The summed E-state index contributed by atoms with van der Waals surface area (Å²) >= 11 is 5.79. The number of amides is 1. The molecule has 0 unspecified atom stereocenters. The van der Waals surface area contributed by atoms with E-state index in [2.05, 4.69) is 10.3 Å². The summed E-state index contributed by atoms with van der Waals surface area (Å²) in [5.74, 6) is 0. The SMILES string of the molecule is CC(C)(C)OC(=O)NCCC=Cc1nc(Cl)ccc1N. The van der Waals surface area contributed by atoms with Gasteiger partial charge in [-0.25, -0.2) is 9.78 Å². The van der Waals surface area contributed by atoms with Crippen LogP contribution >= 0.6 is 11.6 Å². The minimum atomic E-state index is -0.487. The monoisotopic (exact) mass is 297 g/mol. The zero-order valence-corrected chi connectivity index (χ0v) is 12.7. The van der Waals surface area contributed by atoms with Crippen LogP contribution in [0.3, 0.4) is 0 Å². The van der Waals surface area contributed by atoms with Crippen molar-refractivity contribution in [2.45, 2.75) is 32.8 Å². The Morgan fingerprint density at radius 3 is 2.85 bits per heavy atom. The van der Waals surface area contributed by atoms with Gasteiger partial charge in [-0.3, -0.25) is 0 Å². The number of nitrogen functional groups attached to an aromatic ring is 1. The molecule has 20 heavy (non-hydrogen) atoms. The van der Waals surface area contributed by atoms with Gasteiger partial charge in [-0.1, -0.05) is 17.7 Å². The van der Waals surface area contributed by atoms with Gasteiger partial charge in [0, 0.05) is 6.54 Å². The lowest BCUT2D eigenvalue weighted by molar-refractivity contribution is 0.0529. The lowest BCUT2D eigenvalue weighted by Gasteiger charge is -2.19. The van der Waals surface area contributed by atoms with Gasteiger partial charge >= 0.3 is 6.09 Å². The van der Waals surface area contributed by atoms with Gasteiger partial charge in [0.2, 0.25) is 0 Å². The first-order valence-electron chi connectivity index (χ1n) is 6.33. The standard InChI is InChI=1S/C14H20ClN3O2/c1-14(2,3)20-13(19)17-9-5-4-6-11-10(16)7-8-12(15)18-11/h4,6-8H,5,9,16H2,1-3H3,(H,17,19). The highest BCUT2D eigenvalue weighted by atomic mass is 35.5. The number of nitrogens with one attached hydrogen (secondary N) is 1. The summed E-state index contributed by atoms with van der Waals surface area (Å²) in [4.78, 5) is 15.5. The van der Waals surface area contributed by atoms with E-state index in [4.69, 9.17) is 22.1 Å². The highest BCUT2D eigenvalue weighted by Gasteiger charge is 2.15. The molecule has 1 amide bonds. The number of anilines is 1. The van der Waals surface area contributed by atoms with Crippen LogP contribution in [-0.2, 0) is 4.74 Å². The van der Waals surface area contributed by atoms with Crippen LogP contribution in [0.5, 0.6) is 0 Å². The summed E-state index contributed by atoms with van der Waals surface area (Å²) in [5, 5.41) is 3.06. The maximum Gasteiger partial charge on any atom is 0.407 e. The third-order valence-electron chi connectivity index (χ3n) is 2.18. The van der Waals surface area contributed by atoms with Crippen molar-refractivity contribution in [2.24, 2.45) is 0 Å². The van der Waals surface area contributed by atoms with Crippen LogP contribution in [0.1, 0.15) is 32.9 Å². The molecular weight excluding hydrogens is 278 g/mol. The number of pyridine rings is 1. The van der Waals surface area contributed by atoms with Gasteiger partial charge in [-0.15, -0.1) is 0 Å². The van der Waals surface area contributed by atoms with Gasteiger partial charge in [0.1, 0.15) is 10.8 Å². The molecule has 1 aromatic heterocycles. The second-order valence-corrected chi connectivity index (χ2v) is 5.62. The first-order valence-corrected chi connectivity index (χ1v) is 6.71. The van der Waals surface area contributed by atoms with Crippen molar-refractivity contribution in [2.75, 3.05) is 12.3 Å². The number of hydrogen-bond acceptors (Lipinski definition) is 4. The number of hydrogen-bond donors (Lipinski definition) is 2. The number of carbonyl (C=O) groups excluding carboxylic acids is 1. The van der Waals surface area contributed by atoms with Gasteiger partial charge in [0.15, 0.2) is 0 Å². The van der Waals surface area contributed by atoms with Gasteiger partial charge in [0.05, 0.1) is 11.4 Å². The molecule has 0 saturated carbocycles. The molecular formula is C14H20ClN3O2. The van der Waals surface area contributed by atoms with Crippen molar-refractivity contribution in [3.63, 3.8) is 0 Å². The molecule has 0 radical (unpaired) electrons. The topological polar surface area (TPSA) is 77.2 Å². The fraction of sp³-hybridized carbons (Fsp3) is 0.429.